The van der Waals surface area contributed by atoms with E-state index in [0.717, 1.165) is 16.9 Å². The molecule has 0 saturated heterocycles. The van der Waals surface area contributed by atoms with Crippen molar-refractivity contribution in [1.82, 2.24) is 10.2 Å². The molecule has 0 aliphatic rings. The van der Waals surface area contributed by atoms with Crippen LogP contribution in [0, 0.1) is 0 Å². The minimum Gasteiger partial charge on any atom is -0.493 e. The number of hydrogen-bond acceptors (Lipinski definition) is 8. The van der Waals surface area contributed by atoms with Gasteiger partial charge in [0, 0.05) is 10.4 Å². The average molecular weight is 390 g/mol. The second-order valence-electron chi connectivity index (χ2n) is 5.27. The number of methoxy groups -OCH3 is 2. The van der Waals surface area contributed by atoms with Crippen LogP contribution in [0.2, 0.25) is 0 Å². The summed E-state index contributed by atoms with van der Waals surface area (Å²) in [6, 6.07) is 9.22. The Balaban J connectivity index is 1.67. The first-order chi connectivity index (χ1) is 12.6. The van der Waals surface area contributed by atoms with Gasteiger partial charge in [-0.1, -0.05) is 18.7 Å². The van der Waals surface area contributed by atoms with Crippen molar-refractivity contribution >= 4 is 28.9 Å². The van der Waals surface area contributed by atoms with Crippen molar-refractivity contribution in [3.8, 4) is 23.0 Å². The summed E-state index contributed by atoms with van der Waals surface area (Å²) >= 11 is 2.76. The largest absolute Gasteiger partial charge is 0.493 e. The third kappa shape index (κ3) is 4.08. The number of aromatic nitrogens is 2. The topological polar surface area (TPSA) is 74.5 Å². The van der Waals surface area contributed by atoms with E-state index in [1.807, 2.05) is 18.2 Å². The molecule has 0 spiro atoms. The van der Waals surface area contributed by atoms with Crippen LogP contribution in [-0.2, 0) is 6.42 Å². The van der Waals surface area contributed by atoms with E-state index in [2.05, 4.69) is 17.1 Å². The molecule has 26 heavy (non-hydrogen) atoms. The van der Waals surface area contributed by atoms with E-state index < -0.39 is 0 Å². The molecule has 0 fully saturated rings. The van der Waals surface area contributed by atoms with Gasteiger partial charge in [-0.15, -0.1) is 21.5 Å². The first kappa shape index (κ1) is 18.5. The third-order valence-electron chi connectivity index (χ3n) is 3.65. The van der Waals surface area contributed by atoms with E-state index in [9.17, 15) is 4.79 Å². The van der Waals surface area contributed by atoms with Gasteiger partial charge in [0.25, 0.3) is 5.22 Å². The highest BCUT2D eigenvalue weighted by Gasteiger charge is 2.15. The Hall–Kier alpha value is -2.32. The molecule has 0 aliphatic heterocycles. The van der Waals surface area contributed by atoms with E-state index in [0.29, 0.717) is 22.6 Å². The summed E-state index contributed by atoms with van der Waals surface area (Å²) in [5.74, 6) is 1.89. The summed E-state index contributed by atoms with van der Waals surface area (Å²) in [7, 11) is 3.14. The predicted octanol–water partition coefficient (Wildman–Crippen LogP) is 4.35. The number of thiophene rings is 1. The fraction of sp³-hybridized carbons (Fsp3) is 0.278. The molecule has 0 saturated carbocycles. The molecule has 0 unspecified atom stereocenters. The molecule has 0 radical (unpaired) electrons. The van der Waals surface area contributed by atoms with Gasteiger partial charge in [0.2, 0.25) is 5.89 Å². The Morgan fingerprint density at radius 1 is 1.15 bits per heavy atom. The summed E-state index contributed by atoms with van der Waals surface area (Å²) in [4.78, 5) is 14.2. The van der Waals surface area contributed by atoms with Gasteiger partial charge in [-0.2, -0.15) is 0 Å². The fourth-order valence-electron chi connectivity index (χ4n) is 2.27. The van der Waals surface area contributed by atoms with Crippen LogP contribution in [0.15, 0.2) is 40.0 Å². The number of ketones is 1. The van der Waals surface area contributed by atoms with Crippen LogP contribution in [0.3, 0.4) is 0 Å². The zero-order valence-electron chi connectivity index (χ0n) is 14.6. The lowest BCUT2D eigenvalue weighted by Crippen LogP contribution is -1.99. The highest BCUT2D eigenvalue weighted by Crippen LogP contribution is 2.32. The summed E-state index contributed by atoms with van der Waals surface area (Å²) in [6.07, 6.45) is 0.934. The summed E-state index contributed by atoms with van der Waals surface area (Å²) < 4.78 is 16.1. The fourth-order valence-corrected chi connectivity index (χ4v) is 3.89. The molecule has 136 valence electrons. The molecular formula is C18H18N2O4S2. The first-order valence-corrected chi connectivity index (χ1v) is 9.75. The quantitative estimate of drug-likeness (QED) is 0.418. The normalized spacial score (nSPS) is 10.7. The highest BCUT2D eigenvalue weighted by molar-refractivity contribution is 7.99. The predicted molar refractivity (Wildman–Crippen MR) is 102 cm³/mol. The minimum atomic E-state index is 0.0607. The van der Waals surface area contributed by atoms with E-state index in [4.69, 9.17) is 13.9 Å². The van der Waals surface area contributed by atoms with Crippen LogP contribution in [0.5, 0.6) is 11.5 Å². The zero-order valence-corrected chi connectivity index (χ0v) is 16.3. The smallest absolute Gasteiger partial charge is 0.277 e. The summed E-state index contributed by atoms with van der Waals surface area (Å²) in [5.41, 5.74) is 0.721. The van der Waals surface area contributed by atoms with Crippen molar-refractivity contribution in [3.63, 3.8) is 0 Å². The molecule has 0 aliphatic carbocycles. The van der Waals surface area contributed by atoms with Gasteiger partial charge in [-0.05, 0) is 36.8 Å². The van der Waals surface area contributed by atoms with Crippen molar-refractivity contribution in [2.24, 2.45) is 0 Å². The van der Waals surface area contributed by atoms with Gasteiger partial charge < -0.3 is 13.9 Å². The summed E-state index contributed by atoms with van der Waals surface area (Å²) in [6.45, 7) is 2.07. The number of carbonyl (C=O) groups is 1. The van der Waals surface area contributed by atoms with Gasteiger partial charge in [-0.25, -0.2) is 0 Å². The number of Topliss-reactive ketones (excluding diaryl/α,β-unsaturated/α-hetero) is 1. The first-order valence-electron chi connectivity index (χ1n) is 7.95. The number of benzene rings is 1. The second kappa shape index (κ2) is 8.37. The van der Waals surface area contributed by atoms with E-state index in [1.165, 1.54) is 28.0 Å². The Kier molecular flexibility index (Phi) is 5.95. The van der Waals surface area contributed by atoms with Crippen LogP contribution >= 0.6 is 23.1 Å². The van der Waals surface area contributed by atoms with Crippen LogP contribution in [0.25, 0.3) is 11.5 Å². The van der Waals surface area contributed by atoms with E-state index in [1.54, 1.807) is 26.4 Å². The standard InChI is InChI=1S/C18H18N2O4S2/c1-4-12-6-8-16(26-12)13(21)10-25-18-20-19-17(24-18)11-5-7-14(22-2)15(9-11)23-3/h5-9H,4,10H2,1-3H3. The molecule has 6 nitrogen and oxygen atoms in total. The van der Waals surface area contributed by atoms with Gasteiger partial charge in [0.15, 0.2) is 17.3 Å². The molecule has 0 amide bonds. The number of aryl methyl sites for hydroxylation is 1. The van der Waals surface area contributed by atoms with E-state index >= 15 is 0 Å². The van der Waals surface area contributed by atoms with Crippen LogP contribution < -0.4 is 9.47 Å². The average Bonchev–Trinajstić information content (AvgIpc) is 3.35. The lowest BCUT2D eigenvalue weighted by atomic mass is 10.2. The molecule has 2 heterocycles. The van der Waals surface area contributed by atoms with Crippen LogP contribution in [-0.4, -0.2) is 36.0 Å². The van der Waals surface area contributed by atoms with Gasteiger partial charge in [0.1, 0.15) is 0 Å². The monoisotopic (exact) mass is 390 g/mol. The maximum absolute atomic E-state index is 12.2. The molecule has 0 N–H and O–H groups in total. The number of rotatable bonds is 8. The zero-order chi connectivity index (χ0) is 18.5. The number of carbonyl (C=O) groups excluding carboxylic acids is 1. The Morgan fingerprint density at radius 2 is 1.96 bits per heavy atom. The van der Waals surface area contributed by atoms with Crippen LogP contribution in [0.1, 0.15) is 21.5 Å². The Bertz CT molecular complexity index is 904. The van der Waals surface area contributed by atoms with Crippen molar-refractivity contribution in [2.75, 3.05) is 20.0 Å². The molecule has 0 atom stereocenters. The van der Waals surface area contributed by atoms with Gasteiger partial charge in [0.05, 0.1) is 24.8 Å². The second-order valence-corrected chi connectivity index (χ2v) is 7.37. The van der Waals surface area contributed by atoms with Gasteiger partial charge >= 0.3 is 0 Å². The highest BCUT2D eigenvalue weighted by atomic mass is 32.2. The van der Waals surface area contributed by atoms with Crippen molar-refractivity contribution < 1.29 is 18.7 Å². The maximum Gasteiger partial charge on any atom is 0.277 e. The number of thioether (sulfide) groups is 1. The SMILES string of the molecule is CCc1ccc(C(=O)CSc2nnc(-c3ccc(OC)c(OC)c3)o2)s1. The molecule has 1 aromatic carbocycles. The summed E-state index contributed by atoms with van der Waals surface area (Å²) in [5, 5.41) is 8.40. The minimum absolute atomic E-state index is 0.0607. The maximum atomic E-state index is 12.2. The molecule has 8 heteroatoms. The molecular weight excluding hydrogens is 372 g/mol. The molecule has 0 bridgehead atoms. The Morgan fingerprint density at radius 3 is 2.65 bits per heavy atom. The molecule has 3 rings (SSSR count). The third-order valence-corrected chi connectivity index (χ3v) is 5.74. The van der Waals surface area contributed by atoms with E-state index in [-0.39, 0.29) is 11.5 Å². The Labute approximate surface area is 159 Å². The lowest BCUT2D eigenvalue weighted by Gasteiger charge is -2.07. The van der Waals surface area contributed by atoms with Crippen molar-refractivity contribution in [3.05, 3.63) is 40.1 Å². The van der Waals surface area contributed by atoms with Crippen molar-refractivity contribution in [2.45, 2.75) is 18.6 Å². The number of ether oxygens (including phenoxy) is 2. The number of nitrogens with zero attached hydrogens (tertiary/aromatic N) is 2. The molecule has 2 aromatic heterocycles. The van der Waals surface area contributed by atoms with Crippen LogP contribution in [0.4, 0.5) is 0 Å². The van der Waals surface area contributed by atoms with Gasteiger partial charge in [-0.3, -0.25) is 4.79 Å². The molecule has 3 aromatic rings. The van der Waals surface area contributed by atoms with Crippen molar-refractivity contribution in [1.29, 1.82) is 0 Å². The lowest BCUT2D eigenvalue weighted by molar-refractivity contribution is 0.102. The number of hydrogen-bond donors (Lipinski definition) is 0.